The van der Waals surface area contributed by atoms with Crippen molar-refractivity contribution in [1.82, 2.24) is 0 Å². The lowest BCUT2D eigenvalue weighted by Crippen LogP contribution is -2.24. The Labute approximate surface area is 142 Å². The molecule has 2 aromatic rings. The molecular formula is C16H13BrCl2O2. The minimum Gasteiger partial charge on any atom is -0.482 e. The van der Waals surface area contributed by atoms with E-state index in [9.17, 15) is 4.79 Å². The molecule has 5 heteroatoms. The van der Waals surface area contributed by atoms with Crippen LogP contribution in [0, 0.1) is 6.92 Å². The molecular weight excluding hydrogens is 375 g/mol. The second-order valence-corrected chi connectivity index (χ2v) is 6.42. The summed E-state index contributed by atoms with van der Waals surface area (Å²) >= 11 is 15.3. The number of carbonyl (C=O) groups excluding carboxylic acids is 1. The highest BCUT2D eigenvalue weighted by atomic mass is 79.9. The van der Waals surface area contributed by atoms with E-state index in [2.05, 4.69) is 15.9 Å². The maximum atomic E-state index is 12.4. The minimum absolute atomic E-state index is 0.184. The van der Waals surface area contributed by atoms with Gasteiger partial charge in [-0.25, -0.2) is 0 Å². The third-order valence-corrected chi connectivity index (χ3v) is 4.06. The van der Waals surface area contributed by atoms with Crippen LogP contribution in [0.4, 0.5) is 0 Å². The predicted octanol–water partition coefficient (Wildman–Crippen LogP) is 5.71. The van der Waals surface area contributed by atoms with Crippen molar-refractivity contribution in [2.75, 3.05) is 0 Å². The van der Waals surface area contributed by atoms with Crippen molar-refractivity contribution >= 4 is 44.9 Å². The zero-order chi connectivity index (χ0) is 15.6. The summed E-state index contributed by atoms with van der Waals surface area (Å²) in [7, 11) is 0. The van der Waals surface area contributed by atoms with Crippen LogP contribution in [0.3, 0.4) is 0 Å². The molecule has 1 unspecified atom stereocenters. The molecule has 110 valence electrons. The van der Waals surface area contributed by atoms with Gasteiger partial charge in [-0.15, -0.1) is 0 Å². The molecule has 0 aliphatic heterocycles. The first kappa shape index (κ1) is 16.3. The van der Waals surface area contributed by atoms with Crippen molar-refractivity contribution in [1.29, 1.82) is 0 Å². The first-order valence-corrected chi connectivity index (χ1v) is 7.85. The third kappa shape index (κ3) is 4.00. The smallest absolute Gasteiger partial charge is 0.204 e. The Morgan fingerprint density at radius 2 is 1.90 bits per heavy atom. The summed E-state index contributed by atoms with van der Waals surface area (Å²) in [6.45, 7) is 3.63. The highest BCUT2D eigenvalue weighted by Gasteiger charge is 2.20. The van der Waals surface area contributed by atoms with Crippen molar-refractivity contribution in [2.24, 2.45) is 0 Å². The van der Waals surface area contributed by atoms with Crippen LogP contribution >= 0.6 is 39.1 Å². The molecule has 0 saturated carbocycles. The lowest BCUT2D eigenvalue weighted by atomic mass is 10.1. The van der Waals surface area contributed by atoms with Gasteiger partial charge >= 0.3 is 0 Å². The van der Waals surface area contributed by atoms with Gasteiger partial charge in [0.2, 0.25) is 5.78 Å². The Balaban J connectivity index is 2.21. The highest BCUT2D eigenvalue weighted by molar-refractivity contribution is 9.10. The van der Waals surface area contributed by atoms with Crippen LogP contribution in [-0.4, -0.2) is 11.9 Å². The number of carbonyl (C=O) groups is 1. The third-order valence-electron chi connectivity index (χ3n) is 3.02. The summed E-state index contributed by atoms with van der Waals surface area (Å²) in [6, 6.07) is 10.5. The Hall–Kier alpha value is -1.03. The van der Waals surface area contributed by atoms with Crippen LogP contribution in [0.1, 0.15) is 22.8 Å². The van der Waals surface area contributed by atoms with E-state index in [1.54, 1.807) is 25.1 Å². The zero-order valence-corrected chi connectivity index (χ0v) is 14.6. The van der Waals surface area contributed by atoms with Gasteiger partial charge in [0, 0.05) is 15.1 Å². The number of halogens is 3. The van der Waals surface area contributed by atoms with Gasteiger partial charge in [0.25, 0.3) is 0 Å². The molecule has 21 heavy (non-hydrogen) atoms. The van der Waals surface area contributed by atoms with Gasteiger partial charge in [-0.1, -0.05) is 45.2 Å². The standard InChI is InChI=1S/C16H13BrCl2O2/c1-9-3-4-11(17)7-15(9)21-10(2)16(20)13-6-5-12(18)8-14(13)19/h3-8,10H,1-2H3. The largest absolute Gasteiger partial charge is 0.482 e. The first-order valence-electron chi connectivity index (χ1n) is 6.30. The molecule has 0 aliphatic carbocycles. The van der Waals surface area contributed by atoms with E-state index in [1.807, 2.05) is 25.1 Å². The summed E-state index contributed by atoms with van der Waals surface area (Å²) in [6.07, 6.45) is -0.642. The molecule has 0 aliphatic rings. The van der Waals surface area contributed by atoms with E-state index < -0.39 is 6.10 Å². The molecule has 2 aromatic carbocycles. The van der Waals surface area contributed by atoms with Crippen LogP contribution in [0.5, 0.6) is 5.75 Å². The number of ketones is 1. The number of ether oxygens (including phenoxy) is 1. The van der Waals surface area contributed by atoms with Gasteiger partial charge in [-0.05, 0) is 49.7 Å². The lowest BCUT2D eigenvalue weighted by molar-refractivity contribution is 0.0817. The van der Waals surface area contributed by atoms with Gasteiger partial charge in [0.1, 0.15) is 5.75 Å². The van der Waals surface area contributed by atoms with Crippen molar-refractivity contribution in [3.8, 4) is 5.75 Å². The molecule has 1 atom stereocenters. The fourth-order valence-corrected chi connectivity index (χ4v) is 2.69. The molecule has 0 bridgehead atoms. The van der Waals surface area contributed by atoms with Gasteiger partial charge < -0.3 is 4.74 Å². The number of Topliss-reactive ketones (excluding diaryl/α,β-unsaturated/α-hetero) is 1. The van der Waals surface area contributed by atoms with E-state index >= 15 is 0 Å². The molecule has 0 radical (unpaired) electrons. The lowest BCUT2D eigenvalue weighted by Gasteiger charge is -2.16. The Morgan fingerprint density at radius 3 is 2.57 bits per heavy atom. The van der Waals surface area contributed by atoms with Gasteiger partial charge in [-0.2, -0.15) is 0 Å². The number of hydrogen-bond acceptors (Lipinski definition) is 2. The van der Waals surface area contributed by atoms with E-state index in [-0.39, 0.29) is 5.78 Å². The Bertz CT molecular complexity index is 686. The van der Waals surface area contributed by atoms with E-state index in [4.69, 9.17) is 27.9 Å². The van der Waals surface area contributed by atoms with Crippen LogP contribution in [0.15, 0.2) is 40.9 Å². The quantitative estimate of drug-likeness (QED) is 0.627. The van der Waals surface area contributed by atoms with Crippen molar-refractivity contribution in [3.05, 3.63) is 62.0 Å². The van der Waals surface area contributed by atoms with Crippen LogP contribution in [-0.2, 0) is 0 Å². The number of benzene rings is 2. The molecule has 2 rings (SSSR count). The normalized spacial score (nSPS) is 12.0. The molecule has 0 heterocycles. The predicted molar refractivity (Wildman–Crippen MR) is 89.8 cm³/mol. The van der Waals surface area contributed by atoms with Crippen molar-refractivity contribution in [2.45, 2.75) is 20.0 Å². The number of rotatable bonds is 4. The summed E-state index contributed by atoms with van der Waals surface area (Å²) in [5, 5.41) is 0.821. The van der Waals surface area contributed by atoms with Crippen molar-refractivity contribution in [3.63, 3.8) is 0 Å². The van der Waals surface area contributed by atoms with Gasteiger partial charge in [0.05, 0.1) is 5.02 Å². The summed E-state index contributed by atoms with van der Waals surface area (Å²) in [5.74, 6) is 0.478. The average Bonchev–Trinajstić information content (AvgIpc) is 2.42. The van der Waals surface area contributed by atoms with Crippen molar-refractivity contribution < 1.29 is 9.53 Å². The fraction of sp³-hybridized carbons (Fsp3) is 0.188. The van der Waals surface area contributed by atoms with E-state index in [0.717, 1.165) is 10.0 Å². The highest BCUT2D eigenvalue weighted by Crippen LogP contribution is 2.26. The van der Waals surface area contributed by atoms with E-state index in [0.29, 0.717) is 21.4 Å². The SMILES string of the molecule is Cc1ccc(Br)cc1OC(C)C(=O)c1ccc(Cl)cc1Cl. The molecule has 0 N–H and O–H groups in total. The maximum absolute atomic E-state index is 12.4. The fourth-order valence-electron chi connectivity index (χ4n) is 1.85. The maximum Gasteiger partial charge on any atom is 0.204 e. The Kier molecular flexibility index (Phi) is 5.31. The van der Waals surface area contributed by atoms with Gasteiger partial charge in [0.15, 0.2) is 6.10 Å². The van der Waals surface area contributed by atoms with Crippen LogP contribution < -0.4 is 4.74 Å². The molecule has 2 nitrogen and oxygen atoms in total. The average molecular weight is 388 g/mol. The van der Waals surface area contributed by atoms with Gasteiger partial charge in [-0.3, -0.25) is 4.79 Å². The second kappa shape index (κ2) is 6.82. The minimum atomic E-state index is -0.642. The number of aryl methyl sites for hydroxylation is 1. The van der Waals surface area contributed by atoms with Crippen LogP contribution in [0.2, 0.25) is 10.0 Å². The topological polar surface area (TPSA) is 26.3 Å². The summed E-state index contributed by atoms with van der Waals surface area (Å²) in [4.78, 5) is 12.4. The monoisotopic (exact) mass is 386 g/mol. The van der Waals surface area contributed by atoms with E-state index in [1.165, 1.54) is 0 Å². The second-order valence-electron chi connectivity index (χ2n) is 4.66. The summed E-state index contributed by atoms with van der Waals surface area (Å²) in [5.41, 5.74) is 1.36. The Morgan fingerprint density at radius 1 is 1.19 bits per heavy atom. The molecule has 0 amide bonds. The molecule has 0 aromatic heterocycles. The molecule has 0 saturated heterocycles. The zero-order valence-electron chi connectivity index (χ0n) is 11.5. The first-order chi connectivity index (χ1) is 9.88. The summed E-state index contributed by atoms with van der Waals surface area (Å²) < 4.78 is 6.65. The van der Waals surface area contributed by atoms with Crippen LogP contribution in [0.25, 0.3) is 0 Å². The molecule has 0 fully saturated rings. The number of hydrogen-bond donors (Lipinski definition) is 0. The molecule has 0 spiro atoms.